The Bertz CT molecular complexity index is 516. The molecule has 0 aliphatic rings. The first-order valence-corrected chi connectivity index (χ1v) is 4.31. The molecule has 0 saturated heterocycles. The van der Waals surface area contributed by atoms with Crippen molar-refractivity contribution in [2.24, 2.45) is 0 Å². The third-order valence-corrected chi connectivity index (χ3v) is 2.38. The number of rotatable bonds is 0. The van der Waals surface area contributed by atoms with Crippen LogP contribution in [0, 0.1) is 0 Å². The molecule has 2 aromatic rings. The van der Waals surface area contributed by atoms with E-state index in [9.17, 15) is 4.79 Å². The minimum absolute atomic E-state index is 0.378. The molecule has 0 aliphatic heterocycles. The summed E-state index contributed by atoms with van der Waals surface area (Å²) in [5, 5.41) is 1.58. The molecular weight excluding hydrogens is 211 g/mol. The van der Waals surface area contributed by atoms with E-state index in [4.69, 9.17) is 27.6 Å². The Labute approximate surface area is 83.7 Å². The van der Waals surface area contributed by atoms with E-state index in [2.05, 4.69) is 0 Å². The number of hydrogen-bond donors (Lipinski definition) is 0. The molecule has 0 fully saturated rings. The average molecular weight is 215 g/mol. The topological polar surface area (TPSA) is 30.2 Å². The van der Waals surface area contributed by atoms with Crippen molar-refractivity contribution in [2.45, 2.75) is 0 Å². The molecule has 0 amide bonds. The van der Waals surface area contributed by atoms with Crippen LogP contribution in [0.5, 0.6) is 0 Å². The van der Waals surface area contributed by atoms with Crippen LogP contribution in [-0.4, -0.2) is 0 Å². The fourth-order valence-corrected chi connectivity index (χ4v) is 1.39. The van der Waals surface area contributed by atoms with E-state index >= 15 is 0 Å². The van der Waals surface area contributed by atoms with Crippen molar-refractivity contribution in [3.8, 4) is 0 Å². The van der Waals surface area contributed by atoms with Gasteiger partial charge in [0.1, 0.15) is 5.58 Å². The molecule has 0 unspecified atom stereocenters. The van der Waals surface area contributed by atoms with Crippen molar-refractivity contribution in [1.82, 2.24) is 0 Å². The summed E-state index contributed by atoms with van der Waals surface area (Å²) in [4.78, 5) is 10.8. The van der Waals surface area contributed by atoms with Crippen LogP contribution in [0.1, 0.15) is 0 Å². The molecule has 0 radical (unpaired) electrons. The third kappa shape index (κ3) is 1.55. The van der Waals surface area contributed by atoms with E-state index < -0.39 is 5.63 Å². The van der Waals surface area contributed by atoms with Gasteiger partial charge in [-0.25, -0.2) is 4.79 Å². The van der Waals surface area contributed by atoms with Crippen molar-refractivity contribution in [2.75, 3.05) is 0 Å². The molecule has 66 valence electrons. The van der Waals surface area contributed by atoms with Gasteiger partial charge in [0.15, 0.2) is 0 Å². The number of fused-ring (bicyclic) bond motifs is 1. The highest BCUT2D eigenvalue weighted by atomic mass is 35.5. The van der Waals surface area contributed by atoms with Gasteiger partial charge in [0.2, 0.25) is 0 Å². The van der Waals surface area contributed by atoms with Gasteiger partial charge < -0.3 is 4.42 Å². The van der Waals surface area contributed by atoms with Gasteiger partial charge in [-0.2, -0.15) is 0 Å². The Morgan fingerprint density at radius 3 is 2.54 bits per heavy atom. The molecule has 2 rings (SSSR count). The van der Waals surface area contributed by atoms with Gasteiger partial charge in [-0.3, -0.25) is 0 Å². The van der Waals surface area contributed by atoms with Crippen LogP contribution in [0.3, 0.4) is 0 Å². The summed E-state index contributed by atoms with van der Waals surface area (Å²) >= 11 is 11.5. The van der Waals surface area contributed by atoms with Gasteiger partial charge in [-0.1, -0.05) is 23.2 Å². The second kappa shape index (κ2) is 3.05. The van der Waals surface area contributed by atoms with Gasteiger partial charge in [-0.05, 0) is 12.1 Å². The molecule has 4 heteroatoms. The standard InChI is InChI=1S/C9H4Cl2O2/c10-6-3-5-1-2-9(12)13-8(5)4-7(6)11/h1-4H. The molecule has 0 aliphatic carbocycles. The van der Waals surface area contributed by atoms with Gasteiger partial charge in [0.25, 0.3) is 0 Å². The summed E-state index contributed by atoms with van der Waals surface area (Å²) < 4.78 is 4.90. The fourth-order valence-electron chi connectivity index (χ4n) is 1.06. The Balaban J connectivity index is 2.89. The SMILES string of the molecule is O=c1ccc2cc(Cl)c(Cl)cc2o1. The molecule has 13 heavy (non-hydrogen) atoms. The quantitative estimate of drug-likeness (QED) is 0.632. The van der Waals surface area contributed by atoms with E-state index in [0.717, 1.165) is 5.39 Å². The van der Waals surface area contributed by atoms with Crippen LogP contribution in [0.4, 0.5) is 0 Å². The van der Waals surface area contributed by atoms with Crippen molar-refractivity contribution < 1.29 is 4.42 Å². The molecule has 0 spiro atoms. The Hall–Kier alpha value is -0.990. The lowest BCUT2D eigenvalue weighted by Gasteiger charge is -1.98. The maximum atomic E-state index is 10.8. The fraction of sp³-hybridized carbons (Fsp3) is 0. The molecule has 0 bridgehead atoms. The third-order valence-electron chi connectivity index (χ3n) is 1.66. The first kappa shape index (κ1) is 8.60. The number of hydrogen-bond acceptors (Lipinski definition) is 2. The van der Waals surface area contributed by atoms with Crippen LogP contribution < -0.4 is 5.63 Å². The summed E-state index contributed by atoms with van der Waals surface area (Å²) in [5.41, 5.74) is 0.0489. The smallest absolute Gasteiger partial charge is 0.336 e. The van der Waals surface area contributed by atoms with Crippen LogP contribution in [0.25, 0.3) is 11.0 Å². The van der Waals surface area contributed by atoms with Crippen LogP contribution in [-0.2, 0) is 0 Å². The summed E-state index contributed by atoms with van der Waals surface area (Å²) in [6, 6.07) is 6.17. The monoisotopic (exact) mass is 214 g/mol. The van der Waals surface area contributed by atoms with Gasteiger partial charge in [0, 0.05) is 17.5 Å². The van der Waals surface area contributed by atoms with Gasteiger partial charge >= 0.3 is 5.63 Å². The van der Waals surface area contributed by atoms with E-state index in [1.54, 1.807) is 12.1 Å². The van der Waals surface area contributed by atoms with Crippen molar-refractivity contribution in [3.05, 3.63) is 44.7 Å². The van der Waals surface area contributed by atoms with Crippen molar-refractivity contribution in [1.29, 1.82) is 0 Å². The Kier molecular flexibility index (Phi) is 2.02. The van der Waals surface area contributed by atoms with Crippen molar-refractivity contribution >= 4 is 34.2 Å². The van der Waals surface area contributed by atoms with E-state index in [1.165, 1.54) is 12.1 Å². The van der Waals surface area contributed by atoms with E-state index in [-0.39, 0.29) is 0 Å². The lowest BCUT2D eigenvalue weighted by atomic mass is 10.2. The van der Waals surface area contributed by atoms with Crippen molar-refractivity contribution in [3.63, 3.8) is 0 Å². The summed E-state index contributed by atoms with van der Waals surface area (Å²) in [6.45, 7) is 0. The zero-order chi connectivity index (χ0) is 9.42. The maximum Gasteiger partial charge on any atom is 0.336 e. The van der Waals surface area contributed by atoms with Gasteiger partial charge in [0.05, 0.1) is 10.0 Å². The maximum absolute atomic E-state index is 10.8. The minimum Gasteiger partial charge on any atom is -0.423 e. The molecule has 0 saturated carbocycles. The zero-order valence-corrected chi connectivity index (χ0v) is 7.89. The highest BCUT2D eigenvalue weighted by Gasteiger charge is 2.02. The molecular formula is C9H4Cl2O2. The summed E-state index contributed by atoms with van der Waals surface area (Å²) in [5.74, 6) is 0. The zero-order valence-electron chi connectivity index (χ0n) is 6.38. The second-order valence-corrected chi connectivity index (χ2v) is 3.37. The predicted octanol–water partition coefficient (Wildman–Crippen LogP) is 3.10. The largest absolute Gasteiger partial charge is 0.423 e. The lowest BCUT2D eigenvalue weighted by Crippen LogP contribution is -1.93. The number of halogens is 2. The molecule has 1 aromatic heterocycles. The van der Waals surface area contributed by atoms with E-state index in [1.807, 2.05) is 0 Å². The Morgan fingerprint density at radius 1 is 1.08 bits per heavy atom. The first-order chi connectivity index (χ1) is 6.16. The number of benzene rings is 1. The average Bonchev–Trinajstić information content (AvgIpc) is 2.08. The van der Waals surface area contributed by atoms with E-state index in [0.29, 0.717) is 15.6 Å². The molecule has 2 nitrogen and oxygen atoms in total. The van der Waals surface area contributed by atoms with Gasteiger partial charge in [-0.15, -0.1) is 0 Å². The second-order valence-electron chi connectivity index (χ2n) is 2.56. The Morgan fingerprint density at radius 2 is 1.77 bits per heavy atom. The predicted molar refractivity (Wildman–Crippen MR) is 52.5 cm³/mol. The lowest BCUT2D eigenvalue weighted by molar-refractivity contribution is 0.561. The summed E-state index contributed by atoms with van der Waals surface area (Å²) in [7, 11) is 0. The molecule has 0 atom stereocenters. The van der Waals surface area contributed by atoms with Crippen LogP contribution >= 0.6 is 23.2 Å². The first-order valence-electron chi connectivity index (χ1n) is 3.56. The molecule has 0 N–H and O–H groups in total. The van der Waals surface area contributed by atoms with Crippen LogP contribution in [0.2, 0.25) is 10.0 Å². The highest BCUT2D eigenvalue weighted by molar-refractivity contribution is 6.42. The highest BCUT2D eigenvalue weighted by Crippen LogP contribution is 2.26. The summed E-state index contributed by atoms with van der Waals surface area (Å²) in [6.07, 6.45) is 0. The molecule has 1 aromatic carbocycles. The molecule has 1 heterocycles. The van der Waals surface area contributed by atoms with Crippen LogP contribution in [0.15, 0.2) is 33.5 Å². The normalized spacial score (nSPS) is 10.6. The minimum atomic E-state index is -0.397.